The minimum absolute atomic E-state index is 0.202. The van der Waals surface area contributed by atoms with Gasteiger partial charge in [-0.25, -0.2) is 5.43 Å². The molecule has 8 nitrogen and oxygen atoms in total. The van der Waals surface area contributed by atoms with E-state index in [1.165, 1.54) is 0 Å². The topological polar surface area (TPSA) is 94.0 Å². The number of hydrogen-bond acceptors (Lipinski definition) is 7. The Kier molecular flexibility index (Phi) is 7.39. The minimum atomic E-state index is -0.323. The number of carbonyl (C=O) groups excluding carboxylic acids is 1. The van der Waals surface area contributed by atoms with Gasteiger partial charge in [0.2, 0.25) is 0 Å². The number of carbonyl (C=O) groups is 1. The quantitative estimate of drug-likeness (QED) is 0.430. The maximum Gasteiger partial charge on any atom is 0.271 e. The molecule has 33 heavy (non-hydrogen) atoms. The van der Waals surface area contributed by atoms with Crippen LogP contribution in [0.2, 0.25) is 0 Å². The maximum atomic E-state index is 12.2. The average Bonchev–Trinajstić information content (AvgIpc) is 2.86. The fraction of sp³-hybridized carbons (Fsp3) is 0.280. The Morgan fingerprint density at radius 3 is 2.39 bits per heavy atom. The van der Waals surface area contributed by atoms with Crippen molar-refractivity contribution in [3.63, 3.8) is 0 Å². The lowest BCUT2D eigenvalue weighted by Gasteiger charge is -2.34. The van der Waals surface area contributed by atoms with Crippen molar-refractivity contribution in [3.05, 3.63) is 89.5 Å². The Morgan fingerprint density at radius 1 is 0.970 bits per heavy atom. The van der Waals surface area contributed by atoms with E-state index in [9.17, 15) is 9.90 Å². The SMILES string of the molecule is C/C(=N/NC(=O)c1ccncc1)c1cccc(CN2CCN(Cc3ccccn3)CC2)c1O. The third-order valence-electron chi connectivity index (χ3n) is 5.75. The molecule has 170 valence electrons. The second kappa shape index (κ2) is 10.8. The monoisotopic (exact) mass is 444 g/mol. The van der Waals surface area contributed by atoms with Crippen molar-refractivity contribution in [2.75, 3.05) is 26.2 Å². The smallest absolute Gasteiger partial charge is 0.271 e. The van der Waals surface area contributed by atoms with Gasteiger partial charge in [-0.3, -0.25) is 24.6 Å². The largest absolute Gasteiger partial charge is 0.507 e. The van der Waals surface area contributed by atoms with Gasteiger partial charge in [-0.1, -0.05) is 18.2 Å². The van der Waals surface area contributed by atoms with Gasteiger partial charge >= 0.3 is 0 Å². The zero-order valence-electron chi connectivity index (χ0n) is 18.7. The molecule has 1 aliphatic heterocycles. The molecule has 3 heterocycles. The summed E-state index contributed by atoms with van der Waals surface area (Å²) in [6.07, 6.45) is 4.94. The number of para-hydroxylation sites is 1. The lowest BCUT2D eigenvalue weighted by molar-refractivity contribution is 0.0954. The summed E-state index contributed by atoms with van der Waals surface area (Å²) in [5.41, 5.74) is 6.09. The fourth-order valence-electron chi connectivity index (χ4n) is 3.84. The van der Waals surface area contributed by atoms with E-state index in [-0.39, 0.29) is 11.7 Å². The van der Waals surface area contributed by atoms with Gasteiger partial charge in [-0.05, 0) is 37.3 Å². The number of amides is 1. The van der Waals surface area contributed by atoms with Crippen LogP contribution in [0.1, 0.15) is 34.1 Å². The standard InChI is InChI=1S/C25H28N6O2/c1-19(28-29-25(33)20-8-11-26-12-9-20)23-7-4-5-21(24(23)32)17-30-13-15-31(16-14-30)18-22-6-2-3-10-27-22/h2-12,32H,13-18H2,1H3,(H,29,33)/b28-19-. The van der Waals surface area contributed by atoms with Crippen molar-refractivity contribution in [1.82, 2.24) is 25.2 Å². The molecule has 0 saturated carbocycles. The van der Waals surface area contributed by atoms with E-state index >= 15 is 0 Å². The number of nitrogens with zero attached hydrogens (tertiary/aromatic N) is 5. The third-order valence-corrected chi connectivity index (χ3v) is 5.75. The van der Waals surface area contributed by atoms with Crippen LogP contribution < -0.4 is 5.43 Å². The van der Waals surface area contributed by atoms with E-state index in [0.717, 1.165) is 44.0 Å². The Balaban J connectivity index is 1.35. The summed E-state index contributed by atoms with van der Waals surface area (Å²) in [6, 6.07) is 14.9. The van der Waals surface area contributed by atoms with Crippen LogP contribution in [0, 0.1) is 0 Å². The van der Waals surface area contributed by atoms with E-state index < -0.39 is 0 Å². The summed E-state index contributed by atoms with van der Waals surface area (Å²) in [6.45, 7) is 7.04. The molecule has 1 saturated heterocycles. The summed E-state index contributed by atoms with van der Waals surface area (Å²) < 4.78 is 0. The van der Waals surface area contributed by atoms with Crippen LogP contribution in [0.5, 0.6) is 5.75 Å². The number of aromatic hydroxyl groups is 1. The van der Waals surface area contributed by atoms with Crippen molar-refractivity contribution >= 4 is 11.6 Å². The molecule has 0 spiro atoms. The summed E-state index contributed by atoms with van der Waals surface area (Å²) in [7, 11) is 0. The first kappa shape index (κ1) is 22.6. The average molecular weight is 445 g/mol. The van der Waals surface area contributed by atoms with E-state index in [0.29, 0.717) is 23.4 Å². The number of benzene rings is 1. The molecule has 0 aliphatic carbocycles. The Labute approximate surface area is 193 Å². The highest BCUT2D eigenvalue weighted by molar-refractivity contribution is 6.02. The Bertz CT molecular complexity index is 1100. The summed E-state index contributed by atoms with van der Waals surface area (Å²) in [5.74, 6) is -0.121. The number of phenolic OH excluding ortho intramolecular Hbond substituents is 1. The van der Waals surface area contributed by atoms with Gasteiger partial charge in [0, 0.05) is 74.5 Å². The van der Waals surface area contributed by atoms with Crippen molar-refractivity contribution in [1.29, 1.82) is 0 Å². The molecule has 8 heteroatoms. The van der Waals surface area contributed by atoms with Crippen LogP contribution in [0.15, 0.2) is 72.2 Å². The molecule has 0 bridgehead atoms. The summed E-state index contributed by atoms with van der Waals surface area (Å²) in [4.78, 5) is 25.3. The first-order valence-electron chi connectivity index (χ1n) is 11.0. The zero-order valence-corrected chi connectivity index (χ0v) is 18.7. The number of piperazine rings is 1. The zero-order chi connectivity index (χ0) is 23.0. The van der Waals surface area contributed by atoms with Crippen LogP contribution in [-0.4, -0.2) is 62.7 Å². The summed E-state index contributed by atoms with van der Waals surface area (Å²) >= 11 is 0. The molecule has 2 N–H and O–H groups in total. The first-order valence-corrected chi connectivity index (χ1v) is 11.0. The number of pyridine rings is 2. The number of rotatable bonds is 7. The van der Waals surface area contributed by atoms with Crippen LogP contribution >= 0.6 is 0 Å². The number of hydrogen-bond donors (Lipinski definition) is 2. The van der Waals surface area contributed by atoms with E-state index in [4.69, 9.17) is 0 Å². The Morgan fingerprint density at radius 2 is 1.70 bits per heavy atom. The van der Waals surface area contributed by atoms with Gasteiger partial charge in [0.05, 0.1) is 11.4 Å². The molecule has 3 aromatic rings. The normalized spacial score (nSPS) is 15.4. The van der Waals surface area contributed by atoms with Gasteiger partial charge in [0.15, 0.2) is 0 Å². The molecule has 4 rings (SSSR count). The third kappa shape index (κ3) is 6.00. The van der Waals surface area contributed by atoms with Crippen molar-refractivity contribution in [2.24, 2.45) is 5.10 Å². The van der Waals surface area contributed by atoms with Crippen LogP contribution in [0.4, 0.5) is 0 Å². The van der Waals surface area contributed by atoms with E-state index in [2.05, 4.69) is 36.4 Å². The van der Waals surface area contributed by atoms with E-state index in [1.54, 1.807) is 37.5 Å². The molecule has 1 amide bonds. The van der Waals surface area contributed by atoms with Crippen molar-refractivity contribution < 1.29 is 9.90 Å². The number of aromatic nitrogens is 2. The van der Waals surface area contributed by atoms with Gasteiger partial charge in [0.25, 0.3) is 5.91 Å². The van der Waals surface area contributed by atoms with Gasteiger partial charge in [-0.2, -0.15) is 5.10 Å². The second-order valence-electron chi connectivity index (χ2n) is 8.06. The second-order valence-corrected chi connectivity index (χ2v) is 8.06. The highest BCUT2D eigenvalue weighted by Gasteiger charge is 2.19. The summed E-state index contributed by atoms with van der Waals surface area (Å²) in [5, 5.41) is 15.1. The van der Waals surface area contributed by atoms with E-state index in [1.807, 2.05) is 30.5 Å². The molecule has 1 fully saturated rings. The van der Waals surface area contributed by atoms with Crippen LogP contribution in [0.25, 0.3) is 0 Å². The van der Waals surface area contributed by atoms with Gasteiger partial charge in [-0.15, -0.1) is 0 Å². The van der Waals surface area contributed by atoms with Gasteiger partial charge < -0.3 is 5.11 Å². The van der Waals surface area contributed by atoms with Gasteiger partial charge in [0.1, 0.15) is 5.75 Å². The number of nitrogens with one attached hydrogen (secondary N) is 1. The predicted octanol–water partition coefficient (Wildman–Crippen LogP) is 2.65. The molecular weight excluding hydrogens is 416 g/mol. The molecule has 1 aromatic carbocycles. The highest BCUT2D eigenvalue weighted by Crippen LogP contribution is 2.25. The molecule has 0 unspecified atom stereocenters. The lowest BCUT2D eigenvalue weighted by atomic mass is 10.0. The van der Waals surface area contributed by atoms with Crippen LogP contribution in [-0.2, 0) is 13.1 Å². The molecular formula is C25H28N6O2. The van der Waals surface area contributed by atoms with Crippen LogP contribution in [0.3, 0.4) is 0 Å². The molecule has 0 radical (unpaired) electrons. The minimum Gasteiger partial charge on any atom is -0.507 e. The molecule has 1 aliphatic rings. The molecule has 0 atom stereocenters. The lowest BCUT2D eigenvalue weighted by Crippen LogP contribution is -2.45. The Hall–Kier alpha value is -3.62. The highest BCUT2D eigenvalue weighted by atomic mass is 16.3. The maximum absolute atomic E-state index is 12.2. The van der Waals surface area contributed by atoms with Crippen molar-refractivity contribution in [2.45, 2.75) is 20.0 Å². The molecule has 2 aromatic heterocycles. The first-order chi connectivity index (χ1) is 16.1. The number of phenols is 1. The fourth-order valence-corrected chi connectivity index (χ4v) is 3.84. The van der Waals surface area contributed by atoms with Crippen molar-refractivity contribution in [3.8, 4) is 5.75 Å². The predicted molar refractivity (Wildman–Crippen MR) is 127 cm³/mol. The number of hydrazone groups is 1.